The second-order valence-electron chi connectivity index (χ2n) is 5.46. The molecule has 2 aliphatic rings. The van der Waals surface area contributed by atoms with Gasteiger partial charge in [-0.25, -0.2) is 0 Å². The Morgan fingerprint density at radius 1 is 1.41 bits per heavy atom. The predicted octanol–water partition coefficient (Wildman–Crippen LogP) is 2.23. The van der Waals surface area contributed by atoms with Crippen LogP contribution in [-0.2, 0) is 9.53 Å². The van der Waals surface area contributed by atoms with Crippen LogP contribution in [0.3, 0.4) is 0 Å². The minimum atomic E-state index is 0.0492. The fraction of sp³-hybridized carbons (Fsp3) is 0.786. The lowest BCUT2D eigenvalue weighted by Crippen LogP contribution is -2.46. The van der Waals surface area contributed by atoms with Gasteiger partial charge in [-0.2, -0.15) is 0 Å². The zero-order valence-corrected chi connectivity index (χ0v) is 10.9. The Kier molecular flexibility index (Phi) is 3.87. The summed E-state index contributed by atoms with van der Waals surface area (Å²) in [6.07, 6.45) is 7.97. The van der Waals surface area contributed by atoms with Crippen molar-refractivity contribution in [3.05, 3.63) is 12.2 Å². The van der Waals surface area contributed by atoms with Crippen molar-refractivity contribution >= 4 is 5.91 Å². The third-order valence-corrected chi connectivity index (χ3v) is 4.27. The highest BCUT2D eigenvalue weighted by Gasteiger charge is 2.36. The smallest absolute Gasteiger partial charge is 0.226 e. The number of hydrogen-bond donors (Lipinski definition) is 0. The molecule has 0 aromatic heterocycles. The molecule has 0 spiro atoms. The van der Waals surface area contributed by atoms with Gasteiger partial charge in [0.1, 0.15) is 0 Å². The third kappa shape index (κ3) is 2.71. The highest BCUT2D eigenvalue weighted by Crippen LogP contribution is 2.38. The van der Waals surface area contributed by atoms with Crippen molar-refractivity contribution in [2.24, 2.45) is 11.3 Å². The maximum absolute atomic E-state index is 12.4. The standard InChI is InChI=1S/C14H23NO2/c1-12(14(2)6-4-3-5-7-14)13(16)15-8-10-17-11-9-15/h4,6,12H,3,5,7-11H2,1-2H3/t12-,14?/m0/s1. The topological polar surface area (TPSA) is 29.5 Å². The molecule has 1 saturated heterocycles. The summed E-state index contributed by atoms with van der Waals surface area (Å²) in [6.45, 7) is 7.17. The first-order chi connectivity index (χ1) is 8.13. The van der Waals surface area contributed by atoms with E-state index in [4.69, 9.17) is 4.74 Å². The summed E-state index contributed by atoms with van der Waals surface area (Å²) in [5, 5.41) is 0. The number of nitrogens with zero attached hydrogens (tertiary/aromatic N) is 1. The average molecular weight is 237 g/mol. The lowest BCUT2D eigenvalue weighted by molar-refractivity contribution is -0.142. The average Bonchev–Trinajstić information content (AvgIpc) is 2.39. The van der Waals surface area contributed by atoms with E-state index in [0.29, 0.717) is 19.1 Å². The number of rotatable bonds is 2. The number of allylic oxidation sites excluding steroid dienone is 2. The maximum Gasteiger partial charge on any atom is 0.226 e. The van der Waals surface area contributed by atoms with Crippen LogP contribution < -0.4 is 0 Å². The molecule has 1 unspecified atom stereocenters. The third-order valence-electron chi connectivity index (χ3n) is 4.27. The van der Waals surface area contributed by atoms with Crippen molar-refractivity contribution in [1.29, 1.82) is 0 Å². The van der Waals surface area contributed by atoms with Crippen LogP contribution in [0.5, 0.6) is 0 Å². The molecule has 1 fully saturated rings. The molecule has 3 nitrogen and oxygen atoms in total. The van der Waals surface area contributed by atoms with Crippen molar-refractivity contribution in [1.82, 2.24) is 4.90 Å². The predicted molar refractivity (Wildman–Crippen MR) is 67.7 cm³/mol. The molecule has 0 aromatic rings. The molecule has 1 heterocycles. The van der Waals surface area contributed by atoms with Gasteiger partial charge in [-0.15, -0.1) is 0 Å². The van der Waals surface area contributed by atoms with Crippen molar-refractivity contribution < 1.29 is 9.53 Å². The molecule has 3 heteroatoms. The molecule has 2 atom stereocenters. The highest BCUT2D eigenvalue weighted by atomic mass is 16.5. The number of carbonyl (C=O) groups is 1. The van der Waals surface area contributed by atoms with Crippen LogP contribution in [0, 0.1) is 11.3 Å². The first-order valence-corrected chi connectivity index (χ1v) is 6.68. The Hall–Kier alpha value is -0.830. The Morgan fingerprint density at radius 2 is 2.12 bits per heavy atom. The SMILES string of the molecule is C[C@@H](C(=O)N1CCOCC1)C1(C)C=CCCC1. The highest BCUT2D eigenvalue weighted by molar-refractivity contribution is 5.79. The molecule has 0 N–H and O–H groups in total. The van der Waals surface area contributed by atoms with E-state index >= 15 is 0 Å². The van der Waals surface area contributed by atoms with Crippen molar-refractivity contribution in [3.8, 4) is 0 Å². The van der Waals surface area contributed by atoms with Gasteiger partial charge in [0.15, 0.2) is 0 Å². The summed E-state index contributed by atoms with van der Waals surface area (Å²) in [5.41, 5.74) is 0.0492. The zero-order valence-electron chi connectivity index (χ0n) is 10.9. The molecule has 0 bridgehead atoms. The van der Waals surface area contributed by atoms with Crippen molar-refractivity contribution in [3.63, 3.8) is 0 Å². The van der Waals surface area contributed by atoms with E-state index in [1.54, 1.807) is 0 Å². The lowest BCUT2D eigenvalue weighted by atomic mass is 9.71. The lowest BCUT2D eigenvalue weighted by Gasteiger charge is -2.38. The van der Waals surface area contributed by atoms with Gasteiger partial charge < -0.3 is 9.64 Å². The second kappa shape index (κ2) is 5.21. The van der Waals surface area contributed by atoms with Crippen molar-refractivity contribution in [2.75, 3.05) is 26.3 Å². The van der Waals surface area contributed by atoms with E-state index in [9.17, 15) is 4.79 Å². The van der Waals surface area contributed by atoms with E-state index in [2.05, 4.69) is 26.0 Å². The first kappa shape index (κ1) is 12.6. The number of hydrogen-bond acceptors (Lipinski definition) is 2. The molecule has 1 aliphatic heterocycles. The van der Waals surface area contributed by atoms with Crippen LogP contribution in [0.2, 0.25) is 0 Å². The quantitative estimate of drug-likeness (QED) is 0.689. The van der Waals surface area contributed by atoms with E-state index in [1.165, 1.54) is 6.42 Å². The normalized spacial score (nSPS) is 31.3. The van der Waals surface area contributed by atoms with E-state index < -0.39 is 0 Å². The second-order valence-corrected chi connectivity index (χ2v) is 5.46. The molecule has 17 heavy (non-hydrogen) atoms. The molecule has 96 valence electrons. The Bertz CT molecular complexity index is 307. The van der Waals surface area contributed by atoms with Crippen LogP contribution >= 0.6 is 0 Å². The number of carbonyl (C=O) groups excluding carboxylic acids is 1. The summed E-state index contributed by atoms with van der Waals surface area (Å²) in [6, 6.07) is 0. The molecule has 1 aliphatic carbocycles. The van der Waals surface area contributed by atoms with Gasteiger partial charge in [0, 0.05) is 19.0 Å². The Morgan fingerprint density at radius 3 is 2.71 bits per heavy atom. The minimum Gasteiger partial charge on any atom is -0.378 e. The summed E-state index contributed by atoms with van der Waals surface area (Å²) < 4.78 is 5.29. The van der Waals surface area contributed by atoms with Gasteiger partial charge >= 0.3 is 0 Å². The van der Waals surface area contributed by atoms with Crippen LogP contribution in [-0.4, -0.2) is 37.1 Å². The van der Waals surface area contributed by atoms with Gasteiger partial charge in [-0.3, -0.25) is 4.79 Å². The molecular weight excluding hydrogens is 214 g/mol. The summed E-state index contributed by atoms with van der Waals surface area (Å²) in [4.78, 5) is 14.4. The van der Waals surface area contributed by atoms with Gasteiger partial charge in [-0.1, -0.05) is 26.0 Å². The van der Waals surface area contributed by atoms with Crippen LogP contribution in [0.4, 0.5) is 0 Å². The van der Waals surface area contributed by atoms with Crippen LogP contribution in [0.15, 0.2) is 12.2 Å². The molecule has 0 aromatic carbocycles. The largest absolute Gasteiger partial charge is 0.378 e. The number of morpholine rings is 1. The summed E-state index contributed by atoms with van der Waals surface area (Å²) in [5.74, 6) is 0.375. The Labute approximate surface area is 104 Å². The minimum absolute atomic E-state index is 0.0492. The fourth-order valence-electron chi connectivity index (χ4n) is 2.74. The fourth-order valence-corrected chi connectivity index (χ4v) is 2.74. The molecule has 2 rings (SSSR count). The van der Waals surface area contributed by atoms with Crippen molar-refractivity contribution in [2.45, 2.75) is 33.1 Å². The summed E-state index contributed by atoms with van der Waals surface area (Å²) >= 11 is 0. The first-order valence-electron chi connectivity index (χ1n) is 6.68. The van der Waals surface area contributed by atoms with Gasteiger partial charge in [-0.05, 0) is 24.7 Å². The van der Waals surface area contributed by atoms with Gasteiger partial charge in [0.05, 0.1) is 13.2 Å². The van der Waals surface area contributed by atoms with Crippen LogP contribution in [0.25, 0.3) is 0 Å². The van der Waals surface area contributed by atoms with Crippen LogP contribution in [0.1, 0.15) is 33.1 Å². The maximum atomic E-state index is 12.4. The molecule has 0 saturated carbocycles. The van der Waals surface area contributed by atoms with Gasteiger partial charge in [0.25, 0.3) is 0 Å². The van der Waals surface area contributed by atoms with E-state index in [1.807, 2.05) is 4.90 Å². The number of amides is 1. The number of ether oxygens (including phenoxy) is 1. The van der Waals surface area contributed by atoms with E-state index in [0.717, 1.165) is 25.9 Å². The molecule has 1 amide bonds. The van der Waals surface area contributed by atoms with Gasteiger partial charge in [0.2, 0.25) is 5.91 Å². The summed E-state index contributed by atoms with van der Waals surface area (Å²) in [7, 11) is 0. The monoisotopic (exact) mass is 237 g/mol. The molecule has 0 radical (unpaired) electrons. The van der Waals surface area contributed by atoms with E-state index in [-0.39, 0.29) is 11.3 Å². The zero-order chi connectivity index (χ0) is 12.3. The molecular formula is C14H23NO2. The Balaban J connectivity index is 2.02.